The van der Waals surface area contributed by atoms with Gasteiger partial charge in [-0.3, -0.25) is 4.79 Å². The lowest BCUT2D eigenvalue weighted by Gasteiger charge is -2.09. The molecule has 3 N–H and O–H groups in total. The summed E-state index contributed by atoms with van der Waals surface area (Å²) in [6, 6.07) is 14.5. The van der Waals surface area contributed by atoms with Crippen LogP contribution in [-0.4, -0.2) is 17.5 Å². The molecule has 0 saturated heterocycles. The van der Waals surface area contributed by atoms with Gasteiger partial charge in [-0.15, -0.1) is 0 Å². The molecule has 2 aromatic carbocycles. The number of benzene rings is 2. The van der Waals surface area contributed by atoms with Crippen LogP contribution in [0.1, 0.15) is 15.9 Å². The highest BCUT2D eigenvalue weighted by atomic mass is 32.1. The molecule has 0 fully saturated rings. The Morgan fingerprint density at radius 3 is 2.48 bits per heavy atom. The van der Waals surface area contributed by atoms with Crippen LogP contribution in [0.3, 0.4) is 0 Å². The molecule has 21 heavy (non-hydrogen) atoms. The fourth-order valence-corrected chi connectivity index (χ4v) is 1.87. The van der Waals surface area contributed by atoms with Crippen molar-refractivity contribution in [3.8, 4) is 5.75 Å². The van der Waals surface area contributed by atoms with Crippen molar-refractivity contribution < 1.29 is 9.53 Å². The second kappa shape index (κ2) is 6.85. The highest BCUT2D eigenvalue weighted by Crippen LogP contribution is 2.17. The number of ether oxygens (including phenoxy) is 1. The molecule has 108 valence electrons. The largest absolute Gasteiger partial charge is 0.487 e. The molecule has 1 amide bonds. The molecule has 0 aliphatic rings. The molecule has 0 saturated carbocycles. The smallest absolute Gasteiger partial charge is 0.255 e. The Bertz CT molecular complexity index is 654. The molecule has 4 nitrogen and oxygen atoms in total. The van der Waals surface area contributed by atoms with E-state index in [0.29, 0.717) is 22.0 Å². The third kappa shape index (κ3) is 4.29. The van der Waals surface area contributed by atoms with E-state index in [2.05, 4.69) is 5.32 Å². The first-order valence-electron chi connectivity index (χ1n) is 6.44. The van der Waals surface area contributed by atoms with E-state index >= 15 is 0 Å². The monoisotopic (exact) mass is 300 g/mol. The summed E-state index contributed by atoms with van der Waals surface area (Å²) in [4.78, 5) is 12.5. The number of carbonyl (C=O) groups excluding carboxylic acids is 1. The van der Waals surface area contributed by atoms with E-state index in [1.54, 1.807) is 30.3 Å². The summed E-state index contributed by atoms with van der Waals surface area (Å²) in [6.45, 7) is 2.10. The molecule has 0 spiro atoms. The standard InChI is InChI=1S/C16H16N2O2S/c1-11-4-2-3-5-14(11)16(19)18-12-6-8-13(9-7-12)20-10-15(17)21/h2-9H,10H2,1H3,(H2,17,21)(H,18,19). The van der Waals surface area contributed by atoms with E-state index in [0.717, 1.165) is 5.56 Å². The minimum Gasteiger partial charge on any atom is -0.487 e. The maximum absolute atomic E-state index is 12.2. The van der Waals surface area contributed by atoms with Crippen LogP contribution in [0, 0.1) is 6.92 Å². The van der Waals surface area contributed by atoms with Crippen LogP contribution in [0.4, 0.5) is 5.69 Å². The summed E-state index contributed by atoms with van der Waals surface area (Å²) in [6.07, 6.45) is 0. The molecule has 0 heterocycles. The normalized spacial score (nSPS) is 9.95. The van der Waals surface area contributed by atoms with Gasteiger partial charge in [0.05, 0.1) is 0 Å². The lowest BCUT2D eigenvalue weighted by molar-refractivity contribution is 0.102. The topological polar surface area (TPSA) is 64.3 Å². The Balaban J connectivity index is 2.02. The van der Waals surface area contributed by atoms with Crippen LogP contribution in [-0.2, 0) is 0 Å². The van der Waals surface area contributed by atoms with Crippen LogP contribution >= 0.6 is 12.2 Å². The van der Waals surface area contributed by atoms with Crippen molar-refractivity contribution in [3.05, 3.63) is 59.7 Å². The summed E-state index contributed by atoms with van der Waals surface area (Å²) < 4.78 is 5.35. The van der Waals surface area contributed by atoms with Gasteiger partial charge in [0.25, 0.3) is 5.91 Å². The number of hydrogen-bond acceptors (Lipinski definition) is 3. The number of hydrogen-bond donors (Lipinski definition) is 2. The number of carbonyl (C=O) groups is 1. The van der Waals surface area contributed by atoms with Gasteiger partial charge in [-0.05, 0) is 42.8 Å². The minimum absolute atomic E-state index is 0.134. The van der Waals surface area contributed by atoms with Crippen molar-refractivity contribution in [2.45, 2.75) is 6.92 Å². The van der Waals surface area contributed by atoms with Crippen molar-refractivity contribution in [2.75, 3.05) is 11.9 Å². The van der Waals surface area contributed by atoms with Crippen LogP contribution in [0.15, 0.2) is 48.5 Å². The third-order valence-electron chi connectivity index (χ3n) is 2.88. The Morgan fingerprint density at radius 1 is 1.19 bits per heavy atom. The molecule has 0 bridgehead atoms. The summed E-state index contributed by atoms with van der Waals surface area (Å²) in [7, 11) is 0. The summed E-state index contributed by atoms with van der Waals surface area (Å²) in [5.41, 5.74) is 7.66. The number of nitrogens with one attached hydrogen (secondary N) is 1. The average molecular weight is 300 g/mol. The quantitative estimate of drug-likeness (QED) is 0.833. The van der Waals surface area contributed by atoms with Crippen molar-refractivity contribution >= 4 is 28.8 Å². The maximum Gasteiger partial charge on any atom is 0.255 e. The zero-order valence-corrected chi connectivity index (χ0v) is 12.4. The Labute approximate surface area is 128 Å². The van der Waals surface area contributed by atoms with Gasteiger partial charge >= 0.3 is 0 Å². The average Bonchev–Trinajstić information content (AvgIpc) is 2.47. The first-order chi connectivity index (χ1) is 10.1. The zero-order valence-electron chi connectivity index (χ0n) is 11.6. The lowest BCUT2D eigenvalue weighted by atomic mass is 10.1. The van der Waals surface area contributed by atoms with Crippen LogP contribution in [0.25, 0.3) is 0 Å². The second-order valence-corrected chi connectivity index (χ2v) is 5.07. The fourth-order valence-electron chi connectivity index (χ4n) is 1.82. The predicted molar refractivity (Wildman–Crippen MR) is 87.9 cm³/mol. The fraction of sp³-hybridized carbons (Fsp3) is 0.125. The highest BCUT2D eigenvalue weighted by molar-refractivity contribution is 7.80. The lowest BCUT2D eigenvalue weighted by Crippen LogP contribution is -2.17. The third-order valence-corrected chi connectivity index (χ3v) is 3.00. The second-order valence-electron chi connectivity index (χ2n) is 4.55. The van der Waals surface area contributed by atoms with E-state index in [4.69, 9.17) is 22.7 Å². The van der Waals surface area contributed by atoms with Gasteiger partial charge in [-0.2, -0.15) is 0 Å². The molecule has 0 aliphatic heterocycles. The molecule has 5 heteroatoms. The SMILES string of the molecule is Cc1ccccc1C(=O)Nc1ccc(OCC(N)=S)cc1. The van der Waals surface area contributed by atoms with E-state index < -0.39 is 0 Å². The molecule has 0 atom stereocenters. The Morgan fingerprint density at radius 2 is 1.86 bits per heavy atom. The number of aryl methyl sites for hydroxylation is 1. The molecule has 2 aromatic rings. The first-order valence-corrected chi connectivity index (χ1v) is 6.85. The zero-order chi connectivity index (χ0) is 15.2. The van der Waals surface area contributed by atoms with Gasteiger partial charge in [-0.1, -0.05) is 30.4 Å². The van der Waals surface area contributed by atoms with Gasteiger partial charge in [0.15, 0.2) is 0 Å². The van der Waals surface area contributed by atoms with Crippen LogP contribution < -0.4 is 15.8 Å². The predicted octanol–water partition coefficient (Wildman–Crippen LogP) is 2.91. The summed E-state index contributed by atoms with van der Waals surface area (Å²) >= 11 is 4.74. The van der Waals surface area contributed by atoms with E-state index in [1.165, 1.54) is 0 Å². The van der Waals surface area contributed by atoms with Gasteiger partial charge in [-0.25, -0.2) is 0 Å². The molecule has 0 unspecified atom stereocenters. The summed E-state index contributed by atoms with van der Waals surface area (Å²) in [5, 5.41) is 2.85. The van der Waals surface area contributed by atoms with Gasteiger partial charge in [0.2, 0.25) is 0 Å². The maximum atomic E-state index is 12.2. The van der Waals surface area contributed by atoms with Crippen molar-refractivity contribution in [1.29, 1.82) is 0 Å². The summed E-state index contributed by atoms with van der Waals surface area (Å²) in [5.74, 6) is 0.515. The van der Waals surface area contributed by atoms with Crippen LogP contribution in [0.5, 0.6) is 5.75 Å². The van der Waals surface area contributed by atoms with Crippen molar-refractivity contribution in [3.63, 3.8) is 0 Å². The van der Waals surface area contributed by atoms with Gasteiger partial charge in [0.1, 0.15) is 17.3 Å². The van der Waals surface area contributed by atoms with E-state index in [-0.39, 0.29) is 12.5 Å². The van der Waals surface area contributed by atoms with Gasteiger partial charge < -0.3 is 15.8 Å². The molecule has 0 aromatic heterocycles. The Hall–Kier alpha value is -2.40. The number of nitrogens with two attached hydrogens (primary N) is 1. The molecule has 0 radical (unpaired) electrons. The molecular formula is C16H16N2O2S. The molecule has 2 rings (SSSR count). The number of rotatable bonds is 5. The van der Waals surface area contributed by atoms with Crippen molar-refractivity contribution in [2.24, 2.45) is 5.73 Å². The number of anilines is 1. The Kier molecular flexibility index (Phi) is 4.90. The van der Waals surface area contributed by atoms with Crippen LogP contribution in [0.2, 0.25) is 0 Å². The van der Waals surface area contributed by atoms with Gasteiger partial charge in [0, 0.05) is 11.3 Å². The van der Waals surface area contributed by atoms with E-state index in [9.17, 15) is 4.79 Å². The minimum atomic E-state index is -0.134. The van der Waals surface area contributed by atoms with Crippen molar-refractivity contribution in [1.82, 2.24) is 0 Å². The molecular weight excluding hydrogens is 284 g/mol. The number of thiocarbonyl (C=S) groups is 1. The first kappa shape index (κ1) is 15.0. The molecule has 0 aliphatic carbocycles. The van der Waals surface area contributed by atoms with E-state index in [1.807, 2.05) is 25.1 Å². The number of amides is 1. The highest BCUT2D eigenvalue weighted by Gasteiger charge is 2.08.